The summed E-state index contributed by atoms with van der Waals surface area (Å²) in [7, 11) is 1.59. The van der Waals surface area contributed by atoms with Gasteiger partial charge in [0.15, 0.2) is 0 Å². The number of carbonyl (C=O) groups is 1. The fraction of sp³-hybridized carbons (Fsp3) is 0.207. The minimum atomic E-state index is -0.340. The van der Waals surface area contributed by atoms with Crippen molar-refractivity contribution >= 4 is 34.1 Å². The van der Waals surface area contributed by atoms with E-state index in [1.165, 1.54) is 0 Å². The number of amides is 1. The summed E-state index contributed by atoms with van der Waals surface area (Å²) in [5, 5.41) is 11.4. The molecule has 0 N–H and O–H groups in total. The lowest BCUT2D eigenvalue weighted by atomic mass is 10.1. The first-order chi connectivity index (χ1) is 18.0. The van der Waals surface area contributed by atoms with E-state index < -0.39 is 0 Å². The molecule has 186 valence electrons. The first-order valence-electron chi connectivity index (χ1n) is 12.0. The van der Waals surface area contributed by atoms with E-state index >= 15 is 0 Å². The van der Waals surface area contributed by atoms with Gasteiger partial charge in [0, 0.05) is 42.2 Å². The number of hydrogen-bond acceptors (Lipinski definition) is 5. The third kappa shape index (κ3) is 4.76. The van der Waals surface area contributed by atoms with Crippen LogP contribution in [0.15, 0.2) is 77.6 Å². The van der Waals surface area contributed by atoms with Crippen molar-refractivity contribution < 1.29 is 9.53 Å². The highest BCUT2D eigenvalue weighted by molar-refractivity contribution is 6.31. The number of benzene rings is 3. The molecule has 0 spiro atoms. The molecule has 1 aliphatic rings. The fourth-order valence-corrected chi connectivity index (χ4v) is 4.99. The number of aromatic nitrogens is 1. The minimum Gasteiger partial charge on any atom is -0.497 e. The van der Waals surface area contributed by atoms with Gasteiger partial charge in [-0.1, -0.05) is 41.9 Å². The molecule has 3 aromatic carbocycles. The summed E-state index contributed by atoms with van der Waals surface area (Å²) in [4.78, 5) is 30.4. The van der Waals surface area contributed by atoms with Gasteiger partial charge in [0.05, 0.1) is 24.9 Å². The number of fused-ring (bicyclic) bond motifs is 1. The van der Waals surface area contributed by atoms with E-state index in [2.05, 4.69) is 6.07 Å². The Morgan fingerprint density at radius 2 is 1.70 bits per heavy atom. The van der Waals surface area contributed by atoms with Crippen molar-refractivity contribution in [1.29, 1.82) is 5.26 Å². The van der Waals surface area contributed by atoms with Crippen LogP contribution < -0.4 is 15.2 Å². The lowest BCUT2D eigenvalue weighted by Gasteiger charge is -2.37. The van der Waals surface area contributed by atoms with E-state index in [4.69, 9.17) is 16.3 Å². The lowest BCUT2D eigenvalue weighted by Crippen LogP contribution is -2.49. The third-order valence-corrected chi connectivity index (χ3v) is 6.95. The summed E-state index contributed by atoms with van der Waals surface area (Å²) >= 11 is 6.38. The average molecular weight is 513 g/mol. The van der Waals surface area contributed by atoms with Gasteiger partial charge in [0.25, 0.3) is 11.5 Å². The number of halogens is 1. The van der Waals surface area contributed by atoms with Crippen molar-refractivity contribution in [3.63, 3.8) is 0 Å². The second-order valence-electron chi connectivity index (χ2n) is 8.88. The largest absolute Gasteiger partial charge is 0.497 e. The Balaban J connectivity index is 1.48. The van der Waals surface area contributed by atoms with Crippen LogP contribution in [0.2, 0.25) is 5.02 Å². The van der Waals surface area contributed by atoms with Gasteiger partial charge in [-0.25, -0.2) is 0 Å². The first-order valence-corrected chi connectivity index (χ1v) is 12.4. The number of nitrogens with zero attached hydrogens (tertiary/aromatic N) is 4. The zero-order chi connectivity index (χ0) is 25.9. The van der Waals surface area contributed by atoms with Crippen molar-refractivity contribution in [2.24, 2.45) is 0 Å². The first kappa shape index (κ1) is 24.4. The topological polar surface area (TPSA) is 78.6 Å². The van der Waals surface area contributed by atoms with Gasteiger partial charge in [0.2, 0.25) is 0 Å². The second kappa shape index (κ2) is 10.4. The monoisotopic (exact) mass is 512 g/mol. The van der Waals surface area contributed by atoms with Gasteiger partial charge < -0.3 is 19.1 Å². The molecule has 2 heterocycles. The molecule has 1 saturated heterocycles. The van der Waals surface area contributed by atoms with Gasteiger partial charge in [-0.05, 0) is 48.0 Å². The zero-order valence-corrected chi connectivity index (χ0v) is 21.1. The number of nitriles is 1. The van der Waals surface area contributed by atoms with Crippen molar-refractivity contribution in [1.82, 2.24) is 9.47 Å². The molecule has 0 aliphatic carbocycles. The Hall–Kier alpha value is -4.28. The van der Waals surface area contributed by atoms with Crippen molar-refractivity contribution in [2.45, 2.75) is 6.54 Å². The van der Waals surface area contributed by atoms with E-state index in [-0.39, 0.29) is 17.0 Å². The molecular weight excluding hydrogens is 488 g/mol. The van der Waals surface area contributed by atoms with Gasteiger partial charge in [0.1, 0.15) is 17.4 Å². The van der Waals surface area contributed by atoms with Crippen LogP contribution in [0.25, 0.3) is 10.9 Å². The number of hydrogen-bond donors (Lipinski definition) is 0. The Labute approximate surface area is 219 Å². The van der Waals surface area contributed by atoms with Crippen LogP contribution in [0.3, 0.4) is 0 Å². The molecule has 0 radical (unpaired) electrons. The van der Waals surface area contributed by atoms with Crippen molar-refractivity contribution in [2.75, 3.05) is 38.2 Å². The number of carbonyl (C=O) groups excluding carboxylic acids is 1. The Morgan fingerprint density at radius 3 is 2.35 bits per heavy atom. The average Bonchev–Trinajstić information content (AvgIpc) is 2.94. The quantitative estimate of drug-likeness (QED) is 0.392. The SMILES string of the molecule is COc1ccc(C(=O)N2CCN(c3c(C#N)c(=O)n(Cc4ccccc4)c4ccc(Cl)cc34)CC2)cc1. The Bertz CT molecular complexity index is 1550. The normalized spacial score (nSPS) is 13.4. The molecule has 0 bridgehead atoms. The number of anilines is 1. The summed E-state index contributed by atoms with van der Waals surface area (Å²) in [5.41, 5.74) is 2.58. The molecule has 0 unspecified atom stereocenters. The number of methoxy groups -OCH3 is 1. The number of ether oxygens (including phenoxy) is 1. The standard InChI is InChI=1S/C29H25ClN4O3/c1-37-23-10-7-21(8-11-23)28(35)33-15-13-32(14-16-33)27-24-17-22(30)9-12-26(24)34(29(36)25(27)18-31)19-20-5-3-2-4-6-20/h2-12,17H,13-16,19H2,1H3. The number of rotatable bonds is 5. The third-order valence-electron chi connectivity index (χ3n) is 6.72. The zero-order valence-electron chi connectivity index (χ0n) is 20.4. The molecule has 7 nitrogen and oxygen atoms in total. The fourth-order valence-electron chi connectivity index (χ4n) is 4.82. The second-order valence-corrected chi connectivity index (χ2v) is 9.32. The van der Waals surface area contributed by atoms with Gasteiger partial charge >= 0.3 is 0 Å². The summed E-state index contributed by atoms with van der Waals surface area (Å²) in [6, 6.07) is 24.3. The maximum absolute atomic E-state index is 13.6. The van der Waals surface area contributed by atoms with E-state index in [0.717, 1.165) is 10.9 Å². The Morgan fingerprint density at radius 1 is 1.00 bits per heavy atom. The molecule has 4 aromatic rings. The van der Waals surface area contributed by atoms with Crippen LogP contribution in [-0.2, 0) is 6.54 Å². The van der Waals surface area contributed by atoms with Gasteiger partial charge in [-0.2, -0.15) is 5.26 Å². The smallest absolute Gasteiger partial charge is 0.271 e. The molecular formula is C29H25ClN4O3. The molecule has 1 aliphatic heterocycles. The molecule has 0 saturated carbocycles. The Kier molecular flexibility index (Phi) is 6.85. The molecule has 1 amide bonds. The number of pyridine rings is 1. The van der Waals surface area contributed by atoms with Crippen LogP contribution in [0.1, 0.15) is 21.5 Å². The summed E-state index contributed by atoms with van der Waals surface area (Å²) < 4.78 is 6.81. The van der Waals surface area contributed by atoms with Crippen LogP contribution in [0.4, 0.5) is 5.69 Å². The van der Waals surface area contributed by atoms with Gasteiger partial charge in [-0.15, -0.1) is 0 Å². The van der Waals surface area contributed by atoms with E-state index in [9.17, 15) is 14.9 Å². The number of piperazine rings is 1. The molecule has 0 atom stereocenters. The highest BCUT2D eigenvalue weighted by Crippen LogP contribution is 2.32. The van der Waals surface area contributed by atoms with Crippen LogP contribution in [0.5, 0.6) is 5.75 Å². The van der Waals surface area contributed by atoms with Gasteiger partial charge in [-0.3, -0.25) is 9.59 Å². The van der Waals surface area contributed by atoms with Crippen LogP contribution in [-0.4, -0.2) is 48.7 Å². The summed E-state index contributed by atoms with van der Waals surface area (Å²) in [5.74, 6) is 0.631. The summed E-state index contributed by atoms with van der Waals surface area (Å²) in [6.45, 7) is 2.24. The van der Waals surface area contributed by atoms with Crippen molar-refractivity contribution in [3.8, 4) is 11.8 Å². The minimum absolute atomic E-state index is 0.0611. The molecule has 1 fully saturated rings. The molecule has 5 rings (SSSR count). The van der Waals surface area contributed by atoms with E-state index in [0.29, 0.717) is 60.3 Å². The lowest BCUT2D eigenvalue weighted by molar-refractivity contribution is 0.0747. The van der Waals surface area contributed by atoms with Crippen molar-refractivity contribution in [3.05, 3.63) is 105 Å². The van der Waals surface area contributed by atoms with E-state index in [1.54, 1.807) is 46.9 Å². The van der Waals surface area contributed by atoms with Crippen LogP contribution in [0, 0.1) is 11.3 Å². The van der Waals surface area contributed by atoms with Crippen LogP contribution >= 0.6 is 11.6 Å². The molecule has 8 heteroatoms. The summed E-state index contributed by atoms with van der Waals surface area (Å²) in [6.07, 6.45) is 0. The highest BCUT2D eigenvalue weighted by atomic mass is 35.5. The molecule has 37 heavy (non-hydrogen) atoms. The maximum atomic E-state index is 13.6. The molecule has 1 aromatic heterocycles. The maximum Gasteiger partial charge on any atom is 0.271 e. The van der Waals surface area contributed by atoms with E-state index in [1.807, 2.05) is 47.4 Å². The predicted octanol–water partition coefficient (Wildman–Crippen LogP) is 4.55. The highest BCUT2D eigenvalue weighted by Gasteiger charge is 2.27. The predicted molar refractivity (Wildman–Crippen MR) is 145 cm³/mol.